The molecule has 24 heavy (non-hydrogen) atoms. The van der Waals surface area contributed by atoms with E-state index in [9.17, 15) is 0 Å². The highest BCUT2D eigenvalue weighted by atomic mass is 35.5. The topological polar surface area (TPSA) is 39.1 Å². The van der Waals surface area contributed by atoms with Gasteiger partial charge in [0.25, 0.3) is 0 Å². The highest BCUT2D eigenvalue weighted by Gasteiger charge is 2.19. The van der Waals surface area contributed by atoms with Crippen LogP contribution >= 0.6 is 11.6 Å². The van der Waals surface area contributed by atoms with Gasteiger partial charge in [-0.25, -0.2) is 4.98 Å². The quantitative estimate of drug-likeness (QED) is 0.788. The van der Waals surface area contributed by atoms with E-state index in [2.05, 4.69) is 33.1 Å². The molecule has 4 nitrogen and oxygen atoms in total. The zero-order valence-electron chi connectivity index (χ0n) is 13.7. The predicted molar refractivity (Wildman–Crippen MR) is 96.9 cm³/mol. The highest BCUT2D eigenvalue weighted by Crippen LogP contribution is 2.31. The van der Waals surface area contributed by atoms with Crippen molar-refractivity contribution in [2.75, 3.05) is 13.7 Å². The van der Waals surface area contributed by atoms with Gasteiger partial charge in [-0.3, -0.25) is 0 Å². The second-order valence-electron chi connectivity index (χ2n) is 6.12. The molecule has 0 atom stereocenters. The van der Waals surface area contributed by atoms with E-state index in [1.807, 2.05) is 18.3 Å². The van der Waals surface area contributed by atoms with Gasteiger partial charge in [0.2, 0.25) is 5.88 Å². The lowest BCUT2D eigenvalue weighted by Crippen LogP contribution is -2.24. The van der Waals surface area contributed by atoms with Crippen LogP contribution in [-0.2, 0) is 25.9 Å². The molecule has 3 heterocycles. The smallest absolute Gasteiger partial charge is 0.212 e. The van der Waals surface area contributed by atoms with Crippen LogP contribution in [-0.4, -0.2) is 23.2 Å². The molecule has 0 unspecified atom stereocenters. The number of aryl methyl sites for hydroxylation is 2. The summed E-state index contributed by atoms with van der Waals surface area (Å²) in [6.45, 7) is 2.89. The van der Waals surface area contributed by atoms with Crippen molar-refractivity contribution in [3.8, 4) is 5.88 Å². The molecular formula is C19H20ClN3O. The first kappa shape index (κ1) is 15.5. The second-order valence-corrected chi connectivity index (χ2v) is 6.56. The summed E-state index contributed by atoms with van der Waals surface area (Å²) in [5.41, 5.74) is 5.32. The summed E-state index contributed by atoms with van der Waals surface area (Å²) in [6.07, 6.45) is 3.90. The third-order valence-corrected chi connectivity index (χ3v) is 4.95. The van der Waals surface area contributed by atoms with Crippen LogP contribution in [0.1, 0.15) is 16.8 Å². The number of hydrogen-bond donors (Lipinski definition) is 1. The van der Waals surface area contributed by atoms with E-state index in [0.29, 0.717) is 5.88 Å². The molecule has 0 saturated heterocycles. The number of nitrogens with one attached hydrogen (secondary N) is 1. The van der Waals surface area contributed by atoms with E-state index in [1.165, 1.54) is 27.7 Å². The maximum atomic E-state index is 6.22. The Labute approximate surface area is 146 Å². The fourth-order valence-corrected chi connectivity index (χ4v) is 3.70. The van der Waals surface area contributed by atoms with Crippen molar-refractivity contribution in [2.45, 2.75) is 25.9 Å². The minimum Gasteiger partial charge on any atom is -0.481 e. The molecule has 0 amide bonds. The number of aromatic nitrogens is 2. The number of rotatable bonds is 4. The van der Waals surface area contributed by atoms with Gasteiger partial charge in [0, 0.05) is 59.9 Å². The van der Waals surface area contributed by atoms with Gasteiger partial charge >= 0.3 is 0 Å². The molecule has 0 bridgehead atoms. The Morgan fingerprint density at radius 1 is 1.29 bits per heavy atom. The van der Waals surface area contributed by atoms with Gasteiger partial charge in [-0.15, -0.1) is 0 Å². The van der Waals surface area contributed by atoms with Crippen LogP contribution in [0.15, 0.2) is 36.5 Å². The minimum absolute atomic E-state index is 0.656. The van der Waals surface area contributed by atoms with Crippen LogP contribution in [0.3, 0.4) is 0 Å². The normalized spacial score (nSPS) is 13.9. The van der Waals surface area contributed by atoms with E-state index < -0.39 is 0 Å². The van der Waals surface area contributed by atoms with Crippen LogP contribution in [0.5, 0.6) is 5.88 Å². The van der Waals surface area contributed by atoms with Crippen molar-refractivity contribution in [1.82, 2.24) is 14.9 Å². The Bertz CT molecular complexity index is 870. The predicted octanol–water partition coefficient (Wildman–Crippen LogP) is 3.59. The first-order valence-electron chi connectivity index (χ1n) is 8.25. The third kappa shape index (κ3) is 2.76. The molecule has 1 N–H and O–H groups in total. The van der Waals surface area contributed by atoms with Crippen LogP contribution in [0.4, 0.5) is 0 Å². The molecule has 2 aromatic heterocycles. The fourth-order valence-electron chi connectivity index (χ4n) is 3.53. The Morgan fingerprint density at radius 3 is 3.00 bits per heavy atom. The van der Waals surface area contributed by atoms with Crippen molar-refractivity contribution in [2.24, 2.45) is 0 Å². The van der Waals surface area contributed by atoms with Crippen LogP contribution < -0.4 is 10.1 Å². The van der Waals surface area contributed by atoms with Crippen molar-refractivity contribution < 1.29 is 4.74 Å². The maximum Gasteiger partial charge on any atom is 0.212 e. The summed E-state index contributed by atoms with van der Waals surface area (Å²) in [5, 5.41) is 5.55. The molecular weight excluding hydrogens is 322 g/mol. The minimum atomic E-state index is 0.656. The van der Waals surface area contributed by atoms with Gasteiger partial charge in [-0.05, 0) is 35.7 Å². The molecule has 5 heteroatoms. The lowest BCUT2D eigenvalue weighted by atomic mass is 10.1. The molecule has 3 aromatic rings. The number of benzene rings is 1. The number of ether oxygens (including phenoxy) is 1. The Balaban J connectivity index is 1.67. The summed E-state index contributed by atoms with van der Waals surface area (Å²) in [4.78, 5) is 4.30. The summed E-state index contributed by atoms with van der Waals surface area (Å²) >= 11 is 6.22. The first-order valence-corrected chi connectivity index (χ1v) is 8.63. The number of hydrogen-bond acceptors (Lipinski definition) is 3. The molecule has 0 radical (unpaired) electrons. The summed E-state index contributed by atoms with van der Waals surface area (Å²) < 4.78 is 7.58. The van der Waals surface area contributed by atoms with Gasteiger partial charge in [-0.2, -0.15) is 0 Å². The van der Waals surface area contributed by atoms with Crippen molar-refractivity contribution >= 4 is 22.5 Å². The summed E-state index contributed by atoms with van der Waals surface area (Å²) in [5.74, 6) is 0.656. The molecule has 0 saturated carbocycles. The van der Waals surface area contributed by atoms with Gasteiger partial charge in [0.05, 0.1) is 7.11 Å². The average Bonchev–Trinajstić information content (AvgIpc) is 2.93. The van der Waals surface area contributed by atoms with Gasteiger partial charge in [-0.1, -0.05) is 17.7 Å². The number of pyridine rings is 1. The molecule has 0 aliphatic carbocycles. The summed E-state index contributed by atoms with van der Waals surface area (Å²) in [6, 6.07) is 10.2. The Kier molecular flexibility index (Phi) is 4.17. The molecule has 1 aromatic carbocycles. The SMILES string of the molecule is COc1ccc(CCn2c3c(c4cc(Cl)ccc42)CNCC3)cn1. The van der Waals surface area contributed by atoms with Crippen LogP contribution in [0.25, 0.3) is 10.9 Å². The molecule has 4 rings (SSSR count). The molecule has 0 fully saturated rings. The lowest BCUT2D eigenvalue weighted by molar-refractivity contribution is 0.397. The van der Waals surface area contributed by atoms with Crippen LogP contribution in [0, 0.1) is 0 Å². The van der Waals surface area contributed by atoms with Crippen LogP contribution in [0.2, 0.25) is 5.02 Å². The van der Waals surface area contributed by atoms with E-state index >= 15 is 0 Å². The number of methoxy groups -OCH3 is 1. The van der Waals surface area contributed by atoms with E-state index in [0.717, 1.165) is 37.5 Å². The van der Waals surface area contributed by atoms with Gasteiger partial charge in [0.1, 0.15) is 0 Å². The monoisotopic (exact) mass is 341 g/mol. The molecule has 1 aliphatic rings. The van der Waals surface area contributed by atoms with Gasteiger partial charge in [0.15, 0.2) is 0 Å². The number of nitrogens with zero attached hydrogens (tertiary/aromatic N) is 2. The summed E-state index contributed by atoms with van der Waals surface area (Å²) in [7, 11) is 1.64. The zero-order valence-corrected chi connectivity index (χ0v) is 14.4. The largest absolute Gasteiger partial charge is 0.481 e. The zero-order chi connectivity index (χ0) is 16.5. The average molecular weight is 342 g/mol. The maximum absolute atomic E-state index is 6.22. The van der Waals surface area contributed by atoms with Gasteiger partial charge < -0.3 is 14.6 Å². The second kappa shape index (κ2) is 6.46. The molecule has 1 aliphatic heterocycles. The molecule has 0 spiro atoms. The third-order valence-electron chi connectivity index (χ3n) is 4.72. The van der Waals surface area contributed by atoms with E-state index in [4.69, 9.17) is 16.3 Å². The van der Waals surface area contributed by atoms with Crippen molar-refractivity contribution in [3.05, 3.63) is 58.4 Å². The van der Waals surface area contributed by atoms with Crippen molar-refractivity contribution in [1.29, 1.82) is 0 Å². The Hall–Kier alpha value is -2.04. The highest BCUT2D eigenvalue weighted by molar-refractivity contribution is 6.31. The standard InChI is InChI=1S/C19H20ClN3O/c1-24-19-5-2-13(11-22-19)7-9-23-17-4-3-14(20)10-15(17)16-12-21-8-6-18(16)23/h2-5,10-11,21H,6-9,12H2,1H3. The van der Waals surface area contributed by atoms with E-state index in [1.54, 1.807) is 7.11 Å². The first-order chi connectivity index (χ1) is 11.8. The Morgan fingerprint density at radius 2 is 2.21 bits per heavy atom. The van der Waals surface area contributed by atoms with E-state index in [-0.39, 0.29) is 0 Å². The lowest BCUT2D eigenvalue weighted by Gasteiger charge is -2.17. The fraction of sp³-hybridized carbons (Fsp3) is 0.316. The van der Waals surface area contributed by atoms with Crippen molar-refractivity contribution in [3.63, 3.8) is 0 Å². The number of fused-ring (bicyclic) bond motifs is 3. The number of halogens is 1. The molecule has 124 valence electrons.